The van der Waals surface area contributed by atoms with Crippen LogP contribution >= 0.6 is 0 Å². The zero-order chi connectivity index (χ0) is 25.9. The number of pyridine rings is 1. The zero-order valence-corrected chi connectivity index (χ0v) is 22.4. The zero-order valence-electron chi connectivity index (χ0n) is 20.5. The Bertz CT molecular complexity index is 1360. The Morgan fingerprint density at radius 2 is 1.75 bits per heavy atom. The first-order valence-electron chi connectivity index (χ1n) is 11.7. The van der Waals surface area contributed by atoms with Crippen LogP contribution in [0.4, 0.5) is 5.69 Å². The molecule has 0 N–H and O–H groups in total. The molecular weight excluding hydrogens is 494 g/mol. The number of nitrogens with zero attached hydrogens (tertiary/aromatic N) is 3. The van der Waals surface area contributed by atoms with Crippen LogP contribution in [0.25, 0.3) is 0 Å². The van der Waals surface area contributed by atoms with Gasteiger partial charge in [0.15, 0.2) is 0 Å². The van der Waals surface area contributed by atoms with Crippen LogP contribution in [0.5, 0.6) is 5.75 Å². The van der Waals surface area contributed by atoms with E-state index in [4.69, 9.17) is 4.74 Å². The third-order valence-corrected chi connectivity index (χ3v) is 9.35. The maximum absolute atomic E-state index is 13.4. The molecule has 0 aliphatic carbocycles. The summed E-state index contributed by atoms with van der Waals surface area (Å²) >= 11 is 0. The minimum Gasteiger partial charge on any atom is -0.487 e. The fourth-order valence-corrected chi connectivity index (χ4v) is 6.38. The number of aromatic nitrogens is 1. The second kappa shape index (κ2) is 10.2. The highest BCUT2D eigenvalue weighted by Gasteiger charge is 2.44. The average molecular weight is 524 g/mol. The van der Waals surface area contributed by atoms with E-state index in [9.17, 15) is 18.0 Å². The van der Waals surface area contributed by atoms with Gasteiger partial charge in [-0.15, -0.1) is 0 Å². The molecule has 0 atom stereocenters. The van der Waals surface area contributed by atoms with Gasteiger partial charge in [-0.25, -0.2) is 8.61 Å². The first-order chi connectivity index (χ1) is 17.1. The molecule has 8 nitrogen and oxygen atoms in total. The second-order valence-corrected chi connectivity index (χ2v) is 17.2. The summed E-state index contributed by atoms with van der Waals surface area (Å²) in [5.74, 6) is -0.594. The van der Waals surface area contributed by atoms with Crippen molar-refractivity contribution in [2.24, 2.45) is 0 Å². The maximum atomic E-state index is 13.4. The van der Waals surface area contributed by atoms with Crippen LogP contribution in [-0.4, -0.2) is 50.6 Å². The van der Waals surface area contributed by atoms with Gasteiger partial charge in [-0.1, -0.05) is 56.0 Å². The van der Waals surface area contributed by atoms with Crippen LogP contribution in [0.15, 0.2) is 72.9 Å². The minimum absolute atomic E-state index is 0.157. The number of hydrogen-bond donors (Lipinski definition) is 0. The molecule has 2 heterocycles. The predicted octanol–water partition coefficient (Wildman–Crippen LogP) is 4.12. The van der Waals surface area contributed by atoms with Crippen LogP contribution in [0.3, 0.4) is 0 Å². The van der Waals surface area contributed by atoms with Gasteiger partial charge in [0.05, 0.1) is 5.69 Å². The molecule has 4 rings (SSSR count). The molecular formula is C26H29N3O5SSi. The lowest BCUT2D eigenvalue weighted by Crippen LogP contribution is -2.37. The normalized spacial score (nSPS) is 15.2. The number of ether oxygens (including phenoxy) is 1. The number of amides is 1. The van der Waals surface area contributed by atoms with Crippen molar-refractivity contribution < 1.29 is 22.7 Å². The van der Waals surface area contributed by atoms with Crippen molar-refractivity contribution in [2.45, 2.75) is 32.3 Å². The third-order valence-electron chi connectivity index (χ3n) is 5.80. The van der Waals surface area contributed by atoms with Crippen molar-refractivity contribution >= 4 is 35.7 Å². The summed E-state index contributed by atoms with van der Waals surface area (Å²) < 4.78 is 34.9. The van der Waals surface area contributed by atoms with E-state index in [1.165, 1.54) is 24.4 Å². The van der Waals surface area contributed by atoms with E-state index in [1.807, 2.05) is 30.3 Å². The van der Waals surface area contributed by atoms with E-state index in [0.29, 0.717) is 11.6 Å². The average Bonchev–Trinajstić information content (AvgIpc) is 3.08. The van der Waals surface area contributed by atoms with Crippen LogP contribution in [-0.2, 0) is 21.6 Å². The SMILES string of the molecule is C[Si](C)(C)CCN1C(=O)CN(c2ccc(C(=O)c3ccccn3)cc2OCc2ccccc2)S1(=O)=O. The molecule has 0 radical (unpaired) electrons. The smallest absolute Gasteiger partial charge is 0.329 e. The molecule has 1 aliphatic rings. The van der Waals surface area contributed by atoms with Gasteiger partial charge in [-0.05, 0) is 41.9 Å². The first-order valence-corrected chi connectivity index (χ1v) is 16.8. The molecule has 0 saturated carbocycles. The summed E-state index contributed by atoms with van der Waals surface area (Å²) in [4.78, 5) is 29.9. The van der Waals surface area contributed by atoms with E-state index < -0.39 is 24.2 Å². The van der Waals surface area contributed by atoms with Gasteiger partial charge in [0.1, 0.15) is 24.6 Å². The molecule has 1 saturated heterocycles. The fraction of sp³-hybridized carbons (Fsp3) is 0.269. The highest BCUT2D eigenvalue weighted by molar-refractivity contribution is 7.91. The Labute approximate surface area is 212 Å². The van der Waals surface area contributed by atoms with Crippen LogP contribution < -0.4 is 9.04 Å². The molecule has 188 valence electrons. The summed E-state index contributed by atoms with van der Waals surface area (Å²) in [7, 11) is -5.66. The summed E-state index contributed by atoms with van der Waals surface area (Å²) in [6.07, 6.45) is 1.53. The molecule has 1 aliphatic heterocycles. The van der Waals surface area contributed by atoms with Crippen molar-refractivity contribution in [3.63, 3.8) is 0 Å². The van der Waals surface area contributed by atoms with E-state index in [2.05, 4.69) is 24.6 Å². The van der Waals surface area contributed by atoms with Gasteiger partial charge in [0.2, 0.25) is 5.78 Å². The van der Waals surface area contributed by atoms with Gasteiger partial charge in [-0.2, -0.15) is 8.42 Å². The maximum Gasteiger partial charge on any atom is 0.329 e. The second-order valence-electron chi connectivity index (χ2n) is 9.79. The lowest BCUT2D eigenvalue weighted by atomic mass is 10.1. The molecule has 1 fully saturated rings. The van der Waals surface area contributed by atoms with Crippen molar-refractivity contribution in [3.8, 4) is 5.75 Å². The van der Waals surface area contributed by atoms with Crippen molar-refractivity contribution in [1.29, 1.82) is 0 Å². The molecule has 36 heavy (non-hydrogen) atoms. The molecule has 3 aromatic rings. The molecule has 10 heteroatoms. The minimum atomic E-state index is -4.08. The molecule has 1 aromatic heterocycles. The van der Waals surface area contributed by atoms with Gasteiger partial charge >= 0.3 is 10.2 Å². The van der Waals surface area contributed by atoms with E-state index in [0.717, 1.165) is 14.2 Å². The number of ketones is 1. The molecule has 0 bridgehead atoms. The van der Waals surface area contributed by atoms with Crippen molar-refractivity contribution in [1.82, 2.24) is 9.29 Å². The van der Waals surface area contributed by atoms with Gasteiger partial charge in [-0.3, -0.25) is 14.6 Å². The lowest BCUT2D eigenvalue weighted by molar-refractivity contribution is -0.123. The number of carbonyl (C=O) groups excluding carboxylic acids is 2. The molecule has 0 unspecified atom stereocenters. The highest BCUT2D eigenvalue weighted by Crippen LogP contribution is 2.36. The fourth-order valence-electron chi connectivity index (χ4n) is 3.77. The van der Waals surface area contributed by atoms with Crippen LogP contribution in [0, 0.1) is 0 Å². The summed E-state index contributed by atoms with van der Waals surface area (Å²) in [5, 5.41) is 0. The lowest BCUT2D eigenvalue weighted by Gasteiger charge is -2.24. The number of carbonyl (C=O) groups is 2. The molecule has 1 amide bonds. The summed E-state index contributed by atoms with van der Waals surface area (Å²) in [5.41, 5.74) is 1.66. The Balaban J connectivity index is 1.69. The van der Waals surface area contributed by atoms with Gasteiger partial charge in [0.25, 0.3) is 5.91 Å². The Morgan fingerprint density at radius 3 is 2.42 bits per heavy atom. The standard InChI is InChI=1S/C26H29N3O5SSi/c1-36(2,3)16-15-28-25(30)18-29(35(28,32)33)23-13-12-21(26(31)22-11-7-8-14-27-22)17-24(23)34-19-20-9-5-4-6-10-20/h4-14,17H,15-16,18-19H2,1-3H3. The number of rotatable bonds is 9. The number of hydrogen-bond acceptors (Lipinski definition) is 6. The Kier molecular flexibility index (Phi) is 7.27. The number of benzene rings is 2. The summed E-state index contributed by atoms with van der Waals surface area (Å²) in [6.45, 7) is 6.39. The van der Waals surface area contributed by atoms with Gasteiger partial charge < -0.3 is 4.74 Å². The Hall–Kier alpha value is -3.50. The molecule has 0 spiro atoms. The monoisotopic (exact) mass is 523 g/mol. The van der Waals surface area contributed by atoms with Crippen LogP contribution in [0.1, 0.15) is 21.6 Å². The number of anilines is 1. The predicted molar refractivity (Wildman–Crippen MR) is 141 cm³/mol. The largest absolute Gasteiger partial charge is 0.487 e. The van der Waals surface area contributed by atoms with Gasteiger partial charge in [0, 0.05) is 26.4 Å². The van der Waals surface area contributed by atoms with E-state index in [-0.39, 0.29) is 42.6 Å². The quantitative estimate of drug-likeness (QED) is 0.309. The van der Waals surface area contributed by atoms with Crippen molar-refractivity contribution in [2.75, 3.05) is 17.4 Å². The first kappa shape index (κ1) is 25.6. The third kappa shape index (κ3) is 5.66. The van der Waals surface area contributed by atoms with E-state index >= 15 is 0 Å². The van der Waals surface area contributed by atoms with Crippen molar-refractivity contribution in [3.05, 3.63) is 89.7 Å². The topological polar surface area (TPSA) is 96.9 Å². The van der Waals surface area contributed by atoms with Crippen LogP contribution in [0.2, 0.25) is 25.7 Å². The van der Waals surface area contributed by atoms with E-state index in [1.54, 1.807) is 18.2 Å². The Morgan fingerprint density at radius 1 is 1.03 bits per heavy atom. The summed E-state index contributed by atoms with van der Waals surface area (Å²) in [6, 6.07) is 19.7. The molecule has 2 aromatic carbocycles. The highest BCUT2D eigenvalue weighted by atomic mass is 32.2.